The molecule has 1 aliphatic heterocycles. The highest BCUT2D eigenvalue weighted by Gasteiger charge is 2.34. The van der Waals surface area contributed by atoms with Crippen LogP contribution in [0.15, 0.2) is 0 Å². The van der Waals surface area contributed by atoms with Crippen LogP contribution in [0.25, 0.3) is 0 Å². The second-order valence-electron chi connectivity index (χ2n) is 6.36. The molecule has 0 radical (unpaired) electrons. The van der Waals surface area contributed by atoms with Crippen molar-refractivity contribution in [3.63, 3.8) is 0 Å². The summed E-state index contributed by atoms with van der Waals surface area (Å²) >= 11 is 0. The summed E-state index contributed by atoms with van der Waals surface area (Å²) in [6.45, 7) is 10.3. The minimum Gasteiger partial charge on any atom is -0.370 e. The van der Waals surface area contributed by atoms with Gasteiger partial charge in [0.1, 0.15) is 6.10 Å². The van der Waals surface area contributed by atoms with Crippen molar-refractivity contribution in [2.45, 2.75) is 65.5 Å². The van der Waals surface area contributed by atoms with E-state index in [0.717, 1.165) is 5.92 Å². The molecule has 0 spiro atoms. The van der Waals surface area contributed by atoms with Gasteiger partial charge in [0.2, 0.25) is 0 Å². The van der Waals surface area contributed by atoms with Crippen LogP contribution < -0.4 is 0 Å². The topological polar surface area (TPSA) is 27.7 Å². The molecule has 2 rings (SSSR count). The summed E-state index contributed by atoms with van der Waals surface area (Å²) in [7, 11) is 0. The van der Waals surface area contributed by atoms with Gasteiger partial charge in [-0.25, -0.2) is 0 Å². The standard InChI is InChI=1S/C15H28O3/c1-10(2)14-6-5-11(3)7-15(14)18-13-8-16-12(4)17-9-13/h10-15H,5-9H2,1-4H3. The first kappa shape index (κ1) is 14.3. The molecule has 0 aromatic carbocycles. The van der Waals surface area contributed by atoms with Crippen molar-refractivity contribution >= 4 is 0 Å². The first-order chi connectivity index (χ1) is 8.56. The van der Waals surface area contributed by atoms with Crippen LogP contribution in [0.4, 0.5) is 0 Å². The molecule has 1 saturated carbocycles. The van der Waals surface area contributed by atoms with E-state index in [0.29, 0.717) is 31.2 Å². The smallest absolute Gasteiger partial charge is 0.155 e. The Labute approximate surface area is 111 Å². The number of hydrogen-bond acceptors (Lipinski definition) is 3. The van der Waals surface area contributed by atoms with Crippen LogP contribution in [0.2, 0.25) is 0 Å². The fourth-order valence-corrected chi connectivity index (χ4v) is 3.18. The summed E-state index contributed by atoms with van der Waals surface area (Å²) in [4.78, 5) is 0. The van der Waals surface area contributed by atoms with Gasteiger partial charge in [-0.3, -0.25) is 0 Å². The molecule has 0 amide bonds. The monoisotopic (exact) mass is 256 g/mol. The quantitative estimate of drug-likeness (QED) is 0.776. The van der Waals surface area contributed by atoms with E-state index in [2.05, 4.69) is 20.8 Å². The third kappa shape index (κ3) is 3.69. The average Bonchev–Trinajstić information content (AvgIpc) is 2.32. The summed E-state index contributed by atoms with van der Waals surface area (Å²) < 4.78 is 17.3. The highest BCUT2D eigenvalue weighted by molar-refractivity contribution is 4.82. The third-order valence-corrected chi connectivity index (χ3v) is 4.36. The molecule has 3 unspecified atom stereocenters. The molecular weight excluding hydrogens is 228 g/mol. The van der Waals surface area contributed by atoms with E-state index in [1.54, 1.807) is 0 Å². The first-order valence-corrected chi connectivity index (χ1v) is 7.45. The Morgan fingerprint density at radius 3 is 2.33 bits per heavy atom. The Hall–Kier alpha value is -0.120. The van der Waals surface area contributed by atoms with Gasteiger partial charge in [-0.15, -0.1) is 0 Å². The van der Waals surface area contributed by atoms with Gasteiger partial charge in [0.25, 0.3) is 0 Å². The normalized spacial score (nSPS) is 42.2. The molecular formula is C15H28O3. The minimum absolute atomic E-state index is 0.0731. The molecule has 3 nitrogen and oxygen atoms in total. The number of hydrogen-bond donors (Lipinski definition) is 0. The largest absolute Gasteiger partial charge is 0.370 e. The minimum atomic E-state index is -0.0731. The van der Waals surface area contributed by atoms with E-state index in [1.807, 2.05) is 6.92 Å². The predicted octanol–water partition coefficient (Wildman–Crippen LogP) is 3.23. The zero-order chi connectivity index (χ0) is 13.1. The fraction of sp³-hybridized carbons (Fsp3) is 1.00. The summed E-state index contributed by atoms with van der Waals surface area (Å²) in [6.07, 6.45) is 4.27. The Kier molecular flexibility index (Phi) is 5.05. The van der Waals surface area contributed by atoms with Crippen LogP contribution in [-0.2, 0) is 14.2 Å². The zero-order valence-electron chi connectivity index (χ0n) is 12.2. The Bertz CT molecular complexity index is 246. The average molecular weight is 256 g/mol. The maximum atomic E-state index is 6.27. The van der Waals surface area contributed by atoms with Gasteiger partial charge in [0, 0.05) is 0 Å². The van der Waals surface area contributed by atoms with Crippen molar-refractivity contribution in [3.05, 3.63) is 0 Å². The van der Waals surface area contributed by atoms with Crippen LogP contribution in [-0.4, -0.2) is 31.7 Å². The molecule has 0 aromatic heterocycles. The van der Waals surface area contributed by atoms with Crippen LogP contribution in [0.1, 0.15) is 47.0 Å². The van der Waals surface area contributed by atoms with Crippen LogP contribution in [0, 0.1) is 17.8 Å². The summed E-state index contributed by atoms with van der Waals surface area (Å²) in [5.74, 6) is 2.18. The maximum absolute atomic E-state index is 6.27. The summed E-state index contributed by atoms with van der Waals surface area (Å²) in [5.41, 5.74) is 0. The molecule has 106 valence electrons. The Morgan fingerprint density at radius 2 is 1.72 bits per heavy atom. The van der Waals surface area contributed by atoms with Crippen LogP contribution in [0.3, 0.4) is 0 Å². The lowest BCUT2D eigenvalue weighted by Gasteiger charge is -2.40. The van der Waals surface area contributed by atoms with Crippen molar-refractivity contribution in [1.29, 1.82) is 0 Å². The molecule has 0 aromatic rings. The van der Waals surface area contributed by atoms with E-state index in [-0.39, 0.29) is 12.4 Å². The van der Waals surface area contributed by atoms with Gasteiger partial charge in [-0.1, -0.05) is 27.2 Å². The number of ether oxygens (including phenoxy) is 3. The fourth-order valence-electron chi connectivity index (χ4n) is 3.18. The lowest BCUT2D eigenvalue weighted by Crippen LogP contribution is -2.43. The summed E-state index contributed by atoms with van der Waals surface area (Å²) in [5, 5.41) is 0. The van der Waals surface area contributed by atoms with Crippen molar-refractivity contribution in [2.24, 2.45) is 17.8 Å². The van der Waals surface area contributed by atoms with Gasteiger partial charge in [0.15, 0.2) is 6.29 Å². The molecule has 3 heteroatoms. The molecule has 0 N–H and O–H groups in total. The SMILES string of the molecule is CC1CCC(C(C)C)C(OC2COC(C)OC2)C1. The van der Waals surface area contributed by atoms with E-state index >= 15 is 0 Å². The highest BCUT2D eigenvalue weighted by Crippen LogP contribution is 2.36. The van der Waals surface area contributed by atoms with E-state index in [1.165, 1.54) is 19.3 Å². The highest BCUT2D eigenvalue weighted by atomic mass is 16.7. The second kappa shape index (κ2) is 6.36. The Morgan fingerprint density at radius 1 is 1.06 bits per heavy atom. The van der Waals surface area contributed by atoms with Crippen LogP contribution in [0.5, 0.6) is 0 Å². The Balaban J connectivity index is 1.88. The van der Waals surface area contributed by atoms with E-state index in [4.69, 9.17) is 14.2 Å². The molecule has 2 fully saturated rings. The van der Waals surface area contributed by atoms with Crippen LogP contribution >= 0.6 is 0 Å². The lowest BCUT2D eigenvalue weighted by molar-refractivity contribution is -0.234. The van der Waals surface area contributed by atoms with Gasteiger partial charge in [-0.2, -0.15) is 0 Å². The first-order valence-electron chi connectivity index (χ1n) is 7.45. The molecule has 1 heterocycles. The van der Waals surface area contributed by atoms with Gasteiger partial charge >= 0.3 is 0 Å². The molecule has 1 saturated heterocycles. The zero-order valence-corrected chi connectivity index (χ0v) is 12.2. The molecule has 18 heavy (non-hydrogen) atoms. The van der Waals surface area contributed by atoms with Crippen molar-refractivity contribution in [1.82, 2.24) is 0 Å². The van der Waals surface area contributed by atoms with E-state index in [9.17, 15) is 0 Å². The van der Waals surface area contributed by atoms with Gasteiger partial charge in [-0.05, 0) is 37.5 Å². The molecule has 1 aliphatic carbocycles. The predicted molar refractivity (Wildman–Crippen MR) is 71.4 cm³/mol. The van der Waals surface area contributed by atoms with Gasteiger partial charge in [0.05, 0.1) is 19.3 Å². The maximum Gasteiger partial charge on any atom is 0.155 e. The molecule has 3 atom stereocenters. The lowest BCUT2D eigenvalue weighted by atomic mass is 9.75. The molecule has 2 aliphatic rings. The van der Waals surface area contributed by atoms with Crippen molar-refractivity contribution < 1.29 is 14.2 Å². The van der Waals surface area contributed by atoms with Crippen molar-refractivity contribution in [3.8, 4) is 0 Å². The second-order valence-corrected chi connectivity index (χ2v) is 6.36. The molecule has 0 bridgehead atoms. The third-order valence-electron chi connectivity index (χ3n) is 4.36. The van der Waals surface area contributed by atoms with Crippen molar-refractivity contribution in [2.75, 3.05) is 13.2 Å². The summed E-state index contributed by atoms with van der Waals surface area (Å²) in [6, 6.07) is 0. The van der Waals surface area contributed by atoms with Gasteiger partial charge < -0.3 is 14.2 Å². The number of rotatable bonds is 3. The van der Waals surface area contributed by atoms with E-state index < -0.39 is 0 Å².